The number of methoxy groups -OCH3 is 2. The molecule has 1 aromatic rings. The minimum absolute atomic E-state index is 0.0215. The van der Waals surface area contributed by atoms with E-state index in [1.54, 1.807) is 14.2 Å². The summed E-state index contributed by atoms with van der Waals surface area (Å²) in [5.74, 6) is 2.24. The molecule has 0 spiro atoms. The number of hydrogen-bond donors (Lipinski definition) is 2. The number of nitrogens with one attached hydrogen (secondary N) is 2. The predicted octanol–water partition coefficient (Wildman–Crippen LogP) is 1.87. The molecule has 7 heteroatoms. The normalized spacial score (nSPS) is 16.1. The zero-order valence-corrected chi connectivity index (χ0v) is 17.3. The second-order valence-corrected chi connectivity index (χ2v) is 7.11. The lowest BCUT2D eigenvalue weighted by Crippen LogP contribution is -2.56. The van der Waals surface area contributed by atoms with Gasteiger partial charge in [0.2, 0.25) is 0 Å². The van der Waals surface area contributed by atoms with E-state index in [-0.39, 0.29) is 5.54 Å². The highest BCUT2D eigenvalue weighted by Gasteiger charge is 2.28. The van der Waals surface area contributed by atoms with Gasteiger partial charge in [-0.3, -0.25) is 4.90 Å². The fourth-order valence-corrected chi connectivity index (χ4v) is 3.16. The van der Waals surface area contributed by atoms with Crippen molar-refractivity contribution in [2.45, 2.75) is 32.9 Å². The Bertz CT molecular complexity index is 613. The molecule has 0 amide bonds. The average molecular weight is 379 g/mol. The maximum atomic E-state index is 5.50. The third-order valence-corrected chi connectivity index (χ3v) is 4.79. The van der Waals surface area contributed by atoms with E-state index in [0.29, 0.717) is 6.54 Å². The average Bonchev–Trinajstić information content (AvgIpc) is 2.70. The van der Waals surface area contributed by atoms with Crippen LogP contribution < -0.4 is 20.1 Å². The molecule has 152 valence electrons. The van der Waals surface area contributed by atoms with E-state index in [2.05, 4.69) is 36.3 Å². The van der Waals surface area contributed by atoms with Gasteiger partial charge in [-0.25, -0.2) is 4.99 Å². The standard InChI is InChI=1S/C20H34N4O3/c1-6-21-19(23-15-20(2,3)24-10-12-27-13-11-24)22-14-16-8-7-9-17(25-4)18(16)26-5/h7-9H,6,10-15H2,1-5H3,(H2,21,22,23). The number of morpholine rings is 1. The summed E-state index contributed by atoms with van der Waals surface area (Å²) in [7, 11) is 3.30. The number of benzene rings is 1. The molecule has 1 aromatic carbocycles. The summed E-state index contributed by atoms with van der Waals surface area (Å²) in [4.78, 5) is 7.19. The molecular formula is C20H34N4O3. The molecule has 0 aromatic heterocycles. The van der Waals surface area contributed by atoms with Crippen LogP contribution in [0.2, 0.25) is 0 Å². The van der Waals surface area contributed by atoms with E-state index in [4.69, 9.17) is 19.2 Å². The van der Waals surface area contributed by atoms with Crippen molar-refractivity contribution in [3.05, 3.63) is 23.8 Å². The molecule has 0 saturated carbocycles. The minimum atomic E-state index is 0.0215. The van der Waals surface area contributed by atoms with Gasteiger partial charge in [-0.05, 0) is 26.8 Å². The number of hydrogen-bond acceptors (Lipinski definition) is 5. The summed E-state index contributed by atoms with van der Waals surface area (Å²) in [5.41, 5.74) is 1.01. The lowest BCUT2D eigenvalue weighted by molar-refractivity contribution is -0.00834. The first kappa shape index (κ1) is 21.3. The number of rotatable bonds is 8. The fourth-order valence-electron chi connectivity index (χ4n) is 3.16. The smallest absolute Gasteiger partial charge is 0.191 e. The lowest BCUT2D eigenvalue weighted by Gasteiger charge is -2.41. The lowest BCUT2D eigenvalue weighted by atomic mass is 10.0. The Labute approximate surface area is 163 Å². The Balaban J connectivity index is 2.04. The van der Waals surface area contributed by atoms with Gasteiger partial charge in [0.25, 0.3) is 0 Å². The first-order valence-electron chi connectivity index (χ1n) is 9.56. The summed E-state index contributed by atoms with van der Waals surface area (Å²) >= 11 is 0. The third-order valence-electron chi connectivity index (χ3n) is 4.79. The van der Waals surface area contributed by atoms with Gasteiger partial charge in [0.1, 0.15) is 0 Å². The van der Waals surface area contributed by atoms with E-state index in [1.165, 1.54) is 0 Å². The second kappa shape index (κ2) is 10.4. The molecule has 0 radical (unpaired) electrons. The quantitative estimate of drug-likeness (QED) is 0.532. The van der Waals surface area contributed by atoms with Gasteiger partial charge in [-0.2, -0.15) is 0 Å². The molecule has 0 unspecified atom stereocenters. The molecule has 27 heavy (non-hydrogen) atoms. The van der Waals surface area contributed by atoms with E-state index in [9.17, 15) is 0 Å². The third kappa shape index (κ3) is 6.01. The fraction of sp³-hybridized carbons (Fsp3) is 0.650. The van der Waals surface area contributed by atoms with Crippen LogP contribution in [0.3, 0.4) is 0 Å². The topological polar surface area (TPSA) is 67.4 Å². The zero-order valence-electron chi connectivity index (χ0n) is 17.3. The van der Waals surface area contributed by atoms with E-state index in [0.717, 1.165) is 62.4 Å². The number of nitrogens with zero attached hydrogens (tertiary/aromatic N) is 2. The first-order valence-corrected chi connectivity index (χ1v) is 9.56. The largest absolute Gasteiger partial charge is 0.493 e. The van der Waals surface area contributed by atoms with Gasteiger partial charge in [-0.1, -0.05) is 12.1 Å². The van der Waals surface area contributed by atoms with Crippen LogP contribution in [-0.4, -0.2) is 70.0 Å². The van der Waals surface area contributed by atoms with Gasteiger partial charge < -0.3 is 24.8 Å². The Morgan fingerprint density at radius 3 is 2.56 bits per heavy atom. The van der Waals surface area contributed by atoms with Crippen LogP contribution in [0.1, 0.15) is 26.3 Å². The molecule has 7 nitrogen and oxygen atoms in total. The van der Waals surface area contributed by atoms with Crippen molar-refractivity contribution in [3.63, 3.8) is 0 Å². The number of ether oxygens (including phenoxy) is 3. The van der Waals surface area contributed by atoms with E-state index < -0.39 is 0 Å². The summed E-state index contributed by atoms with van der Waals surface area (Å²) in [6, 6.07) is 5.85. The maximum absolute atomic E-state index is 5.50. The van der Waals surface area contributed by atoms with Crippen molar-refractivity contribution in [3.8, 4) is 11.5 Å². The molecule has 1 aliphatic rings. The van der Waals surface area contributed by atoms with Crippen molar-refractivity contribution >= 4 is 5.96 Å². The molecule has 1 fully saturated rings. The zero-order chi connectivity index (χ0) is 19.7. The molecule has 2 rings (SSSR count). The maximum Gasteiger partial charge on any atom is 0.191 e. The highest BCUT2D eigenvalue weighted by molar-refractivity contribution is 5.79. The van der Waals surface area contributed by atoms with Crippen LogP contribution in [0.5, 0.6) is 11.5 Å². The number of guanidine groups is 1. The summed E-state index contributed by atoms with van der Waals surface area (Å²) in [6.45, 7) is 12.2. The Morgan fingerprint density at radius 2 is 1.93 bits per heavy atom. The van der Waals surface area contributed by atoms with Gasteiger partial charge in [0.05, 0.1) is 34.0 Å². The van der Waals surface area contributed by atoms with Crippen molar-refractivity contribution in [2.24, 2.45) is 4.99 Å². The SMILES string of the molecule is CCNC(=NCc1cccc(OC)c1OC)NCC(C)(C)N1CCOCC1. The van der Waals surface area contributed by atoms with Crippen molar-refractivity contribution in [2.75, 3.05) is 53.6 Å². The number of aliphatic imine (C=N–C) groups is 1. The molecule has 1 heterocycles. The Morgan fingerprint density at radius 1 is 1.19 bits per heavy atom. The molecule has 0 aliphatic carbocycles. The van der Waals surface area contributed by atoms with Gasteiger partial charge >= 0.3 is 0 Å². The predicted molar refractivity (Wildman–Crippen MR) is 109 cm³/mol. The molecule has 0 atom stereocenters. The Kier molecular flexibility index (Phi) is 8.19. The monoisotopic (exact) mass is 378 g/mol. The molecular weight excluding hydrogens is 344 g/mol. The van der Waals surface area contributed by atoms with Crippen LogP contribution in [0, 0.1) is 0 Å². The summed E-state index contributed by atoms with van der Waals surface area (Å²) in [6.07, 6.45) is 0. The van der Waals surface area contributed by atoms with Crippen molar-refractivity contribution in [1.29, 1.82) is 0 Å². The second-order valence-electron chi connectivity index (χ2n) is 7.11. The van der Waals surface area contributed by atoms with Crippen molar-refractivity contribution in [1.82, 2.24) is 15.5 Å². The van der Waals surface area contributed by atoms with Crippen LogP contribution in [0.4, 0.5) is 0 Å². The van der Waals surface area contributed by atoms with Gasteiger partial charge in [0.15, 0.2) is 17.5 Å². The molecule has 0 bridgehead atoms. The van der Waals surface area contributed by atoms with Gasteiger partial charge in [-0.15, -0.1) is 0 Å². The molecule has 1 saturated heterocycles. The summed E-state index contributed by atoms with van der Waals surface area (Å²) in [5, 5.41) is 6.80. The van der Waals surface area contributed by atoms with E-state index >= 15 is 0 Å². The Hall–Kier alpha value is -1.99. The number of para-hydroxylation sites is 1. The summed E-state index contributed by atoms with van der Waals surface area (Å²) < 4.78 is 16.3. The minimum Gasteiger partial charge on any atom is -0.493 e. The van der Waals surface area contributed by atoms with E-state index in [1.807, 2.05) is 18.2 Å². The van der Waals surface area contributed by atoms with Crippen LogP contribution in [0.25, 0.3) is 0 Å². The van der Waals surface area contributed by atoms with Crippen LogP contribution in [0.15, 0.2) is 23.2 Å². The molecule has 2 N–H and O–H groups in total. The van der Waals surface area contributed by atoms with Crippen LogP contribution >= 0.6 is 0 Å². The highest BCUT2D eigenvalue weighted by Crippen LogP contribution is 2.31. The first-order chi connectivity index (χ1) is 13.0. The van der Waals surface area contributed by atoms with Crippen LogP contribution in [-0.2, 0) is 11.3 Å². The van der Waals surface area contributed by atoms with Gasteiger partial charge in [0, 0.05) is 37.3 Å². The molecule has 1 aliphatic heterocycles. The van der Waals surface area contributed by atoms with Crippen molar-refractivity contribution < 1.29 is 14.2 Å². The highest BCUT2D eigenvalue weighted by atomic mass is 16.5.